The summed E-state index contributed by atoms with van der Waals surface area (Å²) in [6.45, 7) is 0.460. The molecule has 72 valence electrons. The number of aromatic nitrogens is 1. The van der Waals surface area contributed by atoms with E-state index in [9.17, 15) is 4.79 Å². The van der Waals surface area contributed by atoms with Crippen LogP contribution in [0.1, 0.15) is 15.4 Å². The third kappa shape index (κ3) is 2.00. The van der Waals surface area contributed by atoms with Crippen molar-refractivity contribution in [2.45, 2.75) is 6.54 Å². The van der Waals surface area contributed by atoms with Gasteiger partial charge in [0.2, 0.25) is 0 Å². The van der Waals surface area contributed by atoms with Crippen molar-refractivity contribution in [2.75, 3.05) is 0 Å². The highest BCUT2D eigenvalue weighted by Crippen LogP contribution is 2.04. The summed E-state index contributed by atoms with van der Waals surface area (Å²) in [7, 11) is 0. The van der Waals surface area contributed by atoms with Gasteiger partial charge >= 0.3 is 0 Å². The Kier molecular flexibility index (Phi) is 2.60. The Hall–Kier alpha value is -1.62. The van der Waals surface area contributed by atoms with E-state index in [1.807, 2.05) is 5.38 Å². The van der Waals surface area contributed by atoms with Crippen LogP contribution in [0, 0.1) is 0 Å². The zero-order chi connectivity index (χ0) is 9.80. The smallest absolute Gasteiger partial charge is 0.254 e. The van der Waals surface area contributed by atoms with Crippen molar-refractivity contribution in [3.05, 3.63) is 40.7 Å². The molecular weight excluding hydrogens is 200 g/mol. The number of hydrogen-bond acceptors (Lipinski definition) is 4. The number of thiazole rings is 1. The lowest BCUT2D eigenvalue weighted by Gasteiger charge is -1.99. The first kappa shape index (κ1) is 8.96. The van der Waals surface area contributed by atoms with Gasteiger partial charge in [-0.1, -0.05) is 0 Å². The van der Waals surface area contributed by atoms with Crippen LogP contribution in [-0.2, 0) is 6.54 Å². The Morgan fingerprint density at radius 1 is 1.64 bits per heavy atom. The Morgan fingerprint density at radius 3 is 3.21 bits per heavy atom. The molecule has 14 heavy (non-hydrogen) atoms. The van der Waals surface area contributed by atoms with Crippen molar-refractivity contribution < 1.29 is 9.21 Å². The molecule has 0 unspecified atom stereocenters. The monoisotopic (exact) mass is 208 g/mol. The summed E-state index contributed by atoms with van der Waals surface area (Å²) in [6, 6.07) is 1.62. The Balaban J connectivity index is 1.90. The summed E-state index contributed by atoms with van der Waals surface area (Å²) >= 11 is 1.51. The first-order chi connectivity index (χ1) is 6.86. The van der Waals surface area contributed by atoms with Crippen LogP contribution in [0.25, 0.3) is 0 Å². The van der Waals surface area contributed by atoms with Crippen molar-refractivity contribution >= 4 is 17.2 Å². The minimum Gasteiger partial charge on any atom is -0.472 e. The number of carbonyl (C=O) groups excluding carboxylic acids is 1. The predicted molar refractivity (Wildman–Crippen MR) is 52.0 cm³/mol. The maximum atomic E-state index is 11.4. The maximum Gasteiger partial charge on any atom is 0.254 e. The minimum atomic E-state index is -0.144. The third-order valence-electron chi connectivity index (χ3n) is 1.67. The van der Waals surface area contributed by atoms with Gasteiger partial charge in [0.15, 0.2) is 0 Å². The van der Waals surface area contributed by atoms with E-state index in [4.69, 9.17) is 4.42 Å². The van der Waals surface area contributed by atoms with Gasteiger partial charge < -0.3 is 9.73 Å². The lowest BCUT2D eigenvalue weighted by molar-refractivity contribution is 0.0950. The molecule has 2 aromatic heterocycles. The molecule has 0 bridgehead atoms. The quantitative estimate of drug-likeness (QED) is 0.834. The predicted octanol–water partition coefficient (Wildman–Crippen LogP) is 1.67. The van der Waals surface area contributed by atoms with Gasteiger partial charge in [0.05, 0.1) is 18.4 Å². The molecule has 1 amide bonds. The second-order valence-corrected chi connectivity index (χ2v) is 3.60. The maximum absolute atomic E-state index is 11.4. The minimum absolute atomic E-state index is 0.144. The lowest BCUT2D eigenvalue weighted by Crippen LogP contribution is -2.22. The normalized spacial score (nSPS) is 10.0. The second kappa shape index (κ2) is 4.06. The Bertz CT molecular complexity index is 394. The molecule has 0 aliphatic heterocycles. The molecule has 1 N–H and O–H groups in total. The van der Waals surface area contributed by atoms with Crippen LogP contribution in [0.4, 0.5) is 0 Å². The fourth-order valence-corrected chi connectivity index (χ4v) is 1.55. The summed E-state index contributed by atoms with van der Waals surface area (Å²) in [4.78, 5) is 15.5. The molecule has 0 radical (unpaired) electrons. The van der Waals surface area contributed by atoms with Crippen LogP contribution in [-0.4, -0.2) is 10.9 Å². The number of nitrogens with one attached hydrogen (secondary N) is 1. The number of carbonyl (C=O) groups is 1. The average molecular weight is 208 g/mol. The number of furan rings is 1. The van der Waals surface area contributed by atoms with Crippen LogP contribution in [0.3, 0.4) is 0 Å². The zero-order valence-corrected chi connectivity index (χ0v) is 8.08. The van der Waals surface area contributed by atoms with Crippen LogP contribution >= 0.6 is 11.3 Å². The van der Waals surface area contributed by atoms with Gasteiger partial charge in [-0.3, -0.25) is 4.79 Å². The lowest BCUT2D eigenvalue weighted by atomic mass is 10.3. The van der Waals surface area contributed by atoms with Gasteiger partial charge in [-0.05, 0) is 6.07 Å². The van der Waals surface area contributed by atoms with Crippen molar-refractivity contribution in [1.29, 1.82) is 0 Å². The number of amides is 1. The first-order valence-corrected chi connectivity index (χ1v) is 4.93. The molecule has 0 saturated heterocycles. The van der Waals surface area contributed by atoms with Crippen molar-refractivity contribution in [3.63, 3.8) is 0 Å². The first-order valence-electron chi connectivity index (χ1n) is 4.05. The van der Waals surface area contributed by atoms with Gasteiger partial charge in [0, 0.05) is 11.6 Å². The average Bonchev–Trinajstić information content (AvgIpc) is 2.87. The highest BCUT2D eigenvalue weighted by molar-refractivity contribution is 7.09. The fourth-order valence-electron chi connectivity index (χ4n) is 0.992. The molecule has 0 spiro atoms. The molecule has 2 heterocycles. The standard InChI is InChI=1S/C9H8N2O2S/c12-9(7-1-3-13-6-7)11-5-8-10-2-4-14-8/h1-4,6H,5H2,(H,11,12). The molecule has 5 heteroatoms. The summed E-state index contributed by atoms with van der Waals surface area (Å²) in [5.41, 5.74) is 0.529. The van der Waals surface area contributed by atoms with E-state index in [1.54, 1.807) is 12.3 Å². The Morgan fingerprint density at radius 2 is 2.57 bits per heavy atom. The summed E-state index contributed by atoms with van der Waals surface area (Å²) in [5.74, 6) is -0.144. The topological polar surface area (TPSA) is 55.1 Å². The van der Waals surface area contributed by atoms with Crippen molar-refractivity contribution in [3.8, 4) is 0 Å². The number of rotatable bonds is 3. The number of nitrogens with zero attached hydrogens (tertiary/aromatic N) is 1. The van der Waals surface area contributed by atoms with Gasteiger partial charge in [-0.15, -0.1) is 11.3 Å². The van der Waals surface area contributed by atoms with Crippen LogP contribution in [0.5, 0.6) is 0 Å². The van der Waals surface area contributed by atoms with E-state index in [0.29, 0.717) is 12.1 Å². The number of hydrogen-bond donors (Lipinski definition) is 1. The third-order valence-corrected chi connectivity index (χ3v) is 2.45. The summed E-state index contributed by atoms with van der Waals surface area (Å²) in [5, 5.41) is 5.50. The molecular formula is C9H8N2O2S. The molecule has 0 atom stereocenters. The van der Waals surface area contributed by atoms with Crippen LogP contribution < -0.4 is 5.32 Å². The van der Waals surface area contributed by atoms with E-state index in [0.717, 1.165) is 5.01 Å². The molecule has 0 aliphatic carbocycles. The molecule has 0 aliphatic rings. The van der Waals surface area contributed by atoms with E-state index < -0.39 is 0 Å². The fraction of sp³-hybridized carbons (Fsp3) is 0.111. The summed E-state index contributed by atoms with van der Waals surface area (Å²) < 4.78 is 4.80. The van der Waals surface area contributed by atoms with Gasteiger partial charge in [-0.2, -0.15) is 0 Å². The molecule has 0 saturated carbocycles. The highest BCUT2D eigenvalue weighted by Gasteiger charge is 2.06. The van der Waals surface area contributed by atoms with E-state index in [2.05, 4.69) is 10.3 Å². The SMILES string of the molecule is O=C(NCc1nccs1)c1ccoc1. The van der Waals surface area contributed by atoms with E-state index >= 15 is 0 Å². The van der Waals surface area contributed by atoms with Gasteiger partial charge in [-0.25, -0.2) is 4.98 Å². The van der Waals surface area contributed by atoms with Crippen molar-refractivity contribution in [2.24, 2.45) is 0 Å². The zero-order valence-electron chi connectivity index (χ0n) is 7.27. The van der Waals surface area contributed by atoms with Gasteiger partial charge in [0.1, 0.15) is 11.3 Å². The van der Waals surface area contributed by atoms with Gasteiger partial charge in [0.25, 0.3) is 5.91 Å². The second-order valence-electron chi connectivity index (χ2n) is 2.62. The molecule has 0 aromatic carbocycles. The van der Waals surface area contributed by atoms with E-state index in [1.165, 1.54) is 23.9 Å². The van der Waals surface area contributed by atoms with Crippen molar-refractivity contribution in [1.82, 2.24) is 10.3 Å². The van der Waals surface area contributed by atoms with Crippen LogP contribution in [0.15, 0.2) is 34.6 Å². The van der Waals surface area contributed by atoms with Crippen LogP contribution in [0.2, 0.25) is 0 Å². The molecule has 0 fully saturated rings. The molecule has 4 nitrogen and oxygen atoms in total. The molecule has 2 aromatic rings. The largest absolute Gasteiger partial charge is 0.472 e. The summed E-state index contributed by atoms with van der Waals surface area (Å²) in [6.07, 6.45) is 4.60. The highest BCUT2D eigenvalue weighted by atomic mass is 32.1. The Labute approximate surface area is 84.6 Å². The molecule has 2 rings (SSSR count). The van der Waals surface area contributed by atoms with E-state index in [-0.39, 0.29) is 5.91 Å².